The number of rotatable bonds is 7. The van der Waals surface area contributed by atoms with Gasteiger partial charge in [0.1, 0.15) is 12.1 Å². The highest BCUT2D eigenvalue weighted by Gasteiger charge is 2.24. The summed E-state index contributed by atoms with van der Waals surface area (Å²) in [6.45, 7) is 15.5. The molecule has 1 aromatic carbocycles. The molecular formula is C30H39N5O. The van der Waals surface area contributed by atoms with Crippen LogP contribution in [0.25, 0.3) is 27.8 Å². The highest BCUT2D eigenvalue weighted by molar-refractivity contribution is 5.92. The lowest BCUT2D eigenvalue weighted by Crippen LogP contribution is -2.38. The van der Waals surface area contributed by atoms with Gasteiger partial charge in [0.15, 0.2) is 5.65 Å². The Labute approximate surface area is 214 Å². The summed E-state index contributed by atoms with van der Waals surface area (Å²) in [5.41, 5.74) is 8.43. The van der Waals surface area contributed by atoms with E-state index in [2.05, 4.69) is 78.1 Å². The van der Waals surface area contributed by atoms with Crippen LogP contribution < -0.4 is 0 Å². The maximum absolute atomic E-state index is 12.2. The van der Waals surface area contributed by atoms with Gasteiger partial charge in [0.2, 0.25) is 0 Å². The Morgan fingerprint density at radius 2 is 1.81 bits per heavy atom. The van der Waals surface area contributed by atoms with E-state index >= 15 is 0 Å². The Balaban J connectivity index is 1.48. The molecule has 6 nitrogen and oxygen atoms in total. The van der Waals surface area contributed by atoms with Crippen LogP contribution >= 0.6 is 0 Å². The molecule has 1 N–H and O–H groups in total. The molecule has 0 bridgehead atoms. The Kier molecular flexibility index (Phi) is 6.73. The van der Waals surface area contributed by atoms with E-state index in [1.54, 1.807) is 6.33 Å². The quantitative estimate of drug-likeness (QED) is 0.323. The summed E-state index contributed by atoms with van der Waals surface area (Å²) >= 11 is 0. The monoisotopic (exact) mass is 485 g/mol. The predicted octanol–water partition coefficient (Wildman–Crippen LogP) is 6.53. The maximum atomic E-state index is 12.2. The first-order valence-electron chi connectivity index (χ1n) is 13.5. The van der Waals surface area contributed by atoms with Gasteiger partial charge in [-0.05, 0) is 73.0 Å². The highest BCUT2D eigenvalue weighted by Crippen LogP contribution is 2.39. The van der Waals surface area contributed by atoms with Crippen molar-refractivity contribution < 1.29 is 4.79 Å². The summed E-state index contributed by atoms with van der Waals surface area (Å²) in [7, 11) is 0. The van der Waals surface area contributed by atoms with Crippen molar-refractivity contribution in [2.24, 2.45) is 5.92 Å². The Hall–Kier alpha value is -2.99. The molecule has 0 aliphatic carbocycles. The Morgan fingerprint density at radius 1 is 1.06 bits per heavy atom. The number of benzene rings is 1. The molecular weight excluding hydrogens is 446 g/mol. The van der Waals surface area contributed by atoms with Crippen LogP contribution in [0.1, 0.15) is 88.8 Å². The number of carbonyl (C=O) groups excluding carboxylic acids is 1. The lowest BCUT2D eigenvalue weighted by molar-refractivity contribution is -0.123. The van der Waals surface area contributed by atoms with Gasteiger partial charge in [0.05, 0.1) is 12.2 Å². The summed E-state index contributed by atoms with van der Waals surface area (Å²) in [5, 5.41) is 5.77. The van der Waals surface area contributed by atoms with Crippen LogP contribution in [0.5, 0.6) is 0 Å². The number of ketones is 1. The van der Waals surface area contributed by atoms with E-state index in [9.17, 15) is 4.79 Å². The average molecular weight is 486 g/mol. The van der Waals surface area contributed by atoms with Crippen molar-refractivity contribution in [1.82, 2.24) is 24.5 Å². The molecule has 0 spiro atoms. The number of nitrogens with one attached hydrogen (secondary N) is 1. The minimum absolute atomic E-state index is 0.115. The average Bonchev–Trinajstić information content (AvgIpc) is 3.47. The summed E-state index contributed by atoms with van der Waals surface area (Å²) in [4.78, 5) is 22.8. The molecule has 0 amide bonds. The second-order valence-electron chi connectivity index (χ2n) is 11.4. The fraction of sp³-hybridized carbons (Fsp3) is 0.500. The molecule has 6 heteroatoms. The molecule has 3 aromatic heterocycles. The molecule has 1 aliphatic heterocycles. The normalized spacial score (nSPS) is 15.8. The molecule has 5 rings (SSSR count). The van der Waals surface area contributed by atoms with Crippen molar-refractivity contribution in [2.45, 2.75) is 72.1 Å². The molecule has 4 aromatic rings. The lowest BCUT2D eigenvalue weighted by Gasteiger charge is -2.32. The molecule has 0 saturated carbocycles. The number of aromatic amines is 1. The first kappa shape index (κ1) is 24.7. The molecule has 1 aliphatic rings. The van der Waals surface area contributed by atoms with E-state index in [4.69, 9.17) is 0 Å². The standard InChI is InChI=1S/C30H39N5O/c1-18(2)24-14-23(15-35-30(24)31-17-32-35)29-28(20(5)6)25-13-22(7-8-26(25)33-29)21-9-11-34(12-10-21)16-27(36)19(3)4/h7-8,13-15,17-21,33H,9-12,16H2,1-6H3. The number of piperidine rings is 1. The highest BCUT2D eigenvalue weighted by atomic mass is 16.1. The smallest absolute Gasteiger partial charge is 0.158 e. The number of fused-ring (bicyclic) bond motifs is 2. The van der Waals surface area contributed by atoms with Gasteiger partial charge < -0.3 is 4.98 Å². The molecule has 1 fully saturated rings. The predicted molar refractivity (Wildman–Crippen MR) is 147 cm³/mol. The summed E-state index contributed by atoms with van der Waals surface area (Å²) in [5.74, 6) is 1.74. The van der Waals surface area contributed by atoms with Crippen molar-refractivity contribution in [3.05, 3.63) is 53.5 Å². The van der Waals surface area contributed by atoms with E-state index in [0.717, 1.165) is 37.1 Å². The largest absolute Gasteiger partial charge is 0.354 e. The van der Waals surface area contributed by atoms with Gasteiger partial charge in [0, 0.05) is 34.1 Å². The molecule has 0 atom stereocenters. The molecule has 190 valence electrons. The number of carbonyl (C=O) groups is 1. The first-order valence-corrected chi connectivity index (χ1v) is 13.5. The summed E-state index contributed by atoms with van der Waals surface area (Å²) < 4.78 is 1.91. The number of nitrogens with zero attached hydrogens (tertiary/aromatic N) is 4. The third-order valence-electron chi connectivity index (χ3n) is 7.84. The van der Waals surface area contributed by atoms with E-state index in [1.807, 2.05) is 18.4 Å². The molecule has 1 saturated heterocycles. The number of pyridine rings is 1. The summed E-state index contributed by atoms with van der Waals surface area (Å²) in [6, 6.07) is 9.25. The minimum Gasteiger partial charge on any atom is -0.354 e. The second kappa shape index (κ2) is 9.81. The number of hydrogen-bond donors (Lipinski definition) is 1. The molecule has 0 unspecified atom stereocenters. The van der Waals surface area contributed by atoms with Crippen molar-refractivity contribution >= 4 is 22.3 Å². The van der Waals surface area contributed by atoms with E-state index < -0.39 is 0 Å². The third-order valence-corrected chi connectivity index (χ3v) is 7.84. The van der Waals surface area contributed by atoms with E-state index in [1.165, 1.54) is 33.3 Å². The van der Waals surface area contributed by atoms with Gasteiger partial charge in [0.25, 0.3) is 0 Å². The molecule has 0 radical (unpaired) electrons. The van der Waals surface area contributed by atoms with Crippen LogP contribution in [-0.4, -0.2) is 49.9 Å². The van der Waals surface area contributed by atoms with Crippen molar-refractivity contribution in [3.8, 4) is 11.3 Å². The molecule has 4 heterocycles. The lowest BCUT2D eigenvalue weighted by atomic mass is 9.87. The van der Waals surface area contributed by atoms with Gasteiger partial charge in [-0.3, -0.25) is 9.69 Å². The Morgan fingerprint density at radius 3 is 2.47 bits per heavy atom. The topological polar surface area (TPSA) is 66.3 Å². The van der Waals surface area contributed by atoms with Gasteiger partial charge in [-0.25, -0.2) is 9.50 Å². The van der Waals surface area contributed by atoms with Gasteiger partial charge in [-0.1, -0.05) is 47.6 Å². The fourth-order valence-electron chi connectivity index (χ4n) is 5.65. The number of Topliss-reactive ketones (excluding diaryl/α,β-unsaturated/α-hetero) is 1. The SMILES string of the molecule is CC(C)C(=O)CN1CCC(c2ccc3[nH]c(-c4cc(C(C)C)c5ncnn5c4)c(C(C)C)c3c2)CC1. The van der Waals surface area contributed by atoms with Crippen LogP contribution in [0.2, 0.25) is 0 Å². The maximum Gasteiger partial charge on any atom is 0.158 e. The van der Waals surface area contributed by atoms with Crippen LogP contribution in [0.4, 0.5) is 0 Å². The van der Waals surface area contributed by atoms with E-state index in [0.29, 0.717) is 30.1 Å². The van der Waals surface area contributed by atoms with Crippen molar-refractivity contribution in [2.75, 3.05) is 19.6 Å². The number of H-pyrrole nitrogens is 1. The number of aromatic nitrogens is 4. The van der Waals surface area contributed by atoms with Gasteiger partial charge in [-0.2, -0.15) is 5.10 Å². The Bertz CT molecular complexity index is 1390. The van der Waals surface area contributed by atoms with Gasteiger partial charge in [-0.15, -0.1) is 0 Å². The van der Waals surface area contributed by atoms with Crippen LogP contribution in [-0.2, 0) is 4.79 Å². The van der Waals surface area contributed by atoms with Crippen molar-refractivity contribution in [1.29, 1.82) is 0 Å². The minimum atomic E-state index is 0.115. The van der Waals surface area contributed by atoms with Crippen LogP contribution in [0.3, 0.4) is 0 Å². The fourth-order valence-corrected chi connectivity index (χ4v) is 5.65. The molecule has 36 heavy (non-hydrogen) atoms. The summed E-state index contributed by atoms with van der Waals surface area (Å²) in [6.07, 6.45) is 5.94. The number of hydrogen-bond acceptors (Lipinski definition) is 4. The zero-order valence-electron chi connectivity index (χ0n) is 22.5. The van der Waals surface area contributed by atoms with Crippen LogP contribution in [0.15, 0.2) is 36.8 Å². The van der Waals surface area contributed by atoms with Gasteiger partial charge >= 0.3 is 0 Å². The second-order valence-corrected chi connectivity index (χ2v) is 11.4. The zero-order chi connectivity index (χ0) is 25.6. The first-order chi connectivity index (χ1) is 17.2. The van der Waals surface area contributed by atoms with E-state index in [-0.39, 0.29) is 5.92 Å². The van der Waals surface area contributed by atoms with Crippen LogP contribution in [0, 0.1) is 5.92 Å². The number of likely N-dealkylation sites (tertiary alicyclic amines) is 1. The zero-order valence-corrected chi connectivity index (χ0v) is 22.5. The third kappa shape index (κ3) is 4.59. The van der Waals surface area contributed by atoms with Crippen molar-refractivity contribution in [3.63, 3.8) is 0 Å².